The van der Waals surface area contributed by atoms with Crippen molar-refractivity contribution < 1.29 is 23.5 Å². The second kappa shape index (κ2) is 8.14. The molecule has 7 nitrogen and oxygen atoms in total. The number of aromatic nitrogens is 1. The Labute approximate surface area is 140 Å². The van der Waals surface area contributed by atoms with Gasteiger partial charge < -0.3 is 18.8 Å². The van der Waals surface area contributed by atoms with Gasteiger partial charge in [-0.1, -0.05) is 13.0 Å². The maximum Gasteiger partial charge on any atom is 0.360 e. The highest BCUT2D eigenvalue weighted by atomic mass is 16.5. The van der Waals surface area contributed by atoms with Crippen LogP contribution in [0.1, 0.15) is 40.1 Å². The minimum Gasteiger partial charge on any atom is -0.497 e. The van der Waals surface area contributed by atoms with Crippen LogP contribution >= 0.6 is 0 Å². The predicted octanol–water partition coefficient (Wildman–Crippen LogP) is 2.52. The van der Waals surface area contributed by atoms with Crippen molar-refractivity contribution in [2.45, 2.75) is 19.9 Å². The van der Waals surface area contributed by atoms with Gasteiger partial charge in [-0.25, -0.2) is 9.78 Å². The molecule has 1 amide bonds. The highest BCUT2D eigenvalue weighted by molar-refractivity contribution is 5.94. The molecule has 0 saturated heterocycles. The number of ether oxygens (including phenoxy) is 2. The van der Waals surface area contributed by atoms with Gasteiger partial charge in [0.1, 0.15) is 12.0 Å². The van der Waals surface area contributed by atoms with Crippen molar-refractivity contribution in [3.8, 4) is 5.75 Å². The van der Waals surface area contributed by atoms with E-state index in [1.165, 1.54) is 13.4 Å². The molecule has 0 aliphatic rings. The van der Waals surface area contributed by atoms with E-state index in [1.54, 1.807) is 36.3 Å². The van der Waals surface area contributed by atoms with Crippen LogP contribution in [0.15, 0.2) is 34.9 Å². The number of oxazole rings is 1. The fourth-order valence-corrected chi connectivity index (χ4v) is 2.21. The van der Waals surface area contributed by atoms with Crippen LogP contribution in [0.5, 0.6) is 5.75 Å². The van der Waals surface area contributed by atoms with E-state index in [9.17, 15) is 9.59 Å². The number of carbonyl (C=O) groups excluding carboxylic acids is 2. The van der Waals surface area contributed by atoms with Crippen LogP contribution in [0.25, 0.3) is 0 Å². The molecule has 128 valence electrons. The van der Waals surface area contributed by atoms with E-state index in [-0.39, 0.29) is 24.0 Å². The monoisotopic (exact) mass is 332 g/mol. The van der Waals surface area contributed by atoms with E-state index in [0.29, 0.717) is 17.9 Å². The lowest BCUT2D eigenvalue weighted by Gasteiger charge is -2.20. The van der Waals surface area contributed by atoms with E-state index in [4.69, 9.17) is 9.15 Å². The molecule has 0 unspecified atom stereocenters. The molecule has 0 bridgehead atoms. The van der Waals surface area contributed by atoms with Gasteiger partial charge in [0.05, 0.1) is 20.8 Å². The quantitative estimate of drug-likeness (QED) is 0.725. The largest absolute Gasteiger partial charge is 0.497 e. The van der Waals surface area contributed by atoms with Crippen LogP contribution in [-0.2, 0) is 11.3 Å². The van der Waals surface area contributed by atoms with Gasteiger partial charge in [0, 0.05) is 12.1 Å². The lowest BCUT2D eigenvalue weighted by molar-refractivity contribution is 0.0594. The number of methoxy groups -OCH3 is 2. The molecule has 0 N–H and O–H groups in total. The molecule has 1 heterocycles. The number of carbonyl (C=O) groups is 2. The smallest absolute Gasteiger partial charge is 0.360 e. The summed E-state index contributed by atoms with van der Waals surface area (Å²) in [4.78, 5) is 29.8. The summed E-state index contributed by atoms with van der Waals surface area (Å²) in [5.74, 6) is 0.154. The topological polar surface area (TPSA) is 81.9 Å². The van der Waals surface area contributed by atoms with Gasteiger partial charge in [0.25, 0.3) is 5.91 Å². The normalized spacial score (nSPS) is 10.3. The highest BCUT2D eigenvalue weighted by Crippen LogP contribution is 2.16. The first-order chi connectivity index (χ1) is 11.6. The van der Waals surface area contributed by atoms with Gasteiger partial charge in [-0.15, -0.1) is 0 Å². The second-order valence-electron chi connectivity index (χ2n) is 5.08. The zero-order valence-corrected chi connectivity index (χ0v) is 13.9. The molecule has 2 aromatic rings. The Hall–Kier alpha value is -2.83. The molecule has 0 aliphatic carbocycles. The van der Waals surface area contributed by atoms with Gasteiger partial charge in [0.15, 0.2) is 5.69 Å². The van der Waals surface area contributed by atoms with Gasteiger partial charge >= 0.3 is 5.97 Å². The number of nitrogens with zero attached hydrogens (tertiary/aromatic N) is 2. The van der Waals surface area contributed by atoms with Crippen molar-refractivity contribution in [2.75, 3.05) is 20.8 Å². The van der Waals surface area contributed by atoms with Crippen molar-refractivity contribution in [3.05, 3.63) is 47.7 Å². The summed E-state index contributed by atoms with van der Waals surface area (Å²) in [5.41, 5.74) is 0.598. The molecule has 1 aromatic heterocycles. The molecule has 0 spiro atoms. The van der Waals surface area contributed by atoms with Crippen molar-refractivity contribution in [1.82, 2.24) is 9.88 Å². The Kier molecular flexibility index (Phi) is 5.95. The zero-order chi connectivity index (χ0) is 17.5. The Morgan fingerprint density at radius 2 is 2.08 bits per heavy atom. The molecule has 7 heteroatoms. The summed E-state index contributed by atoms with van der Waals surface area (Å²) in [6.45, 7) is 2.67. The Morgan fingerprint density at radius 3 is 2.75 bits per heavy atom. The standard InChI is InChI=1S/C17H20N2O5/c1-4-8-19(10-15-18-14(11-24-15)17(21)23-3)16(20)12-6-5-7-13(9-12)22-2/h5-7,9,11H,4,8,10H2,1-3H3. The van der Waals surface area contributed by atoms with Crippen molar-refractivity contribution in [2.24, 2.45) is 0 Å². The molecular weight excluding hydrogens is 312 g/mol. The SMILES string of the molecule is CCCN(Cc1nc(C(=O)OC)co1)C(=O)c1cccc(OC)c1. The number of esters is 1. The van der Waals surface area contributed by atoms with Crippen molar-refractivity contribution in [3.63, 3.8) is 0 Å². The van der Waals surface area contributed by atoms with E-state index >= 15 is 0 Å². The third-order valence-corrected chi connectivity index (χ3v) is 3.37. The highest BCUT2D eigenvalue weighted by Gasteiger charge is 2.20. The maximum absolute atomic E-state index is 12.7. The number of hydrogen-bond acceptors (Lipinski definition) is 6. The predicted molar refractivity (Wildman–Crippen MR) is 85.9 cm³/mol. The zero-order valence-electron chi connectivity index (χ0n) is 13.9. The van der Waals surface area contributed by atoms with Crippen LogP contribution < -0.4 is 4.74 Å². The third-order valence-electron chi connectivity index (χ3n) is 3.37. The summed E-state index contributed by atoms with van der Waals surface area (Å²) in [6, 6.07) is 6.94. The second-order valence-corrected chi connectivity index (χ2v) is 5.08. The molecule has 0 atom stereocenters. The van der Waals surface area contributed by atoms with E-state index in [1.807, 2.05) is 6.92 Å². The number of benzene rings is 1. The molecule has 0 radical (unpaired) electrons. The summed E-state index contributed by atoms with van der Waals surface area (Å²) in [6.07, 6.45) is 2.00. The van der Waals surface area contributed by atoms with Crippen LogP contribution in [0.2, 0.25) is 0 Å². The van der Waals surface area contributed by atoms with Gasteiger partial charge in [0.2, 0.25) is 5.89 Å². The minimum absolute atomic E-state index is 0.0813. The average molecular weight is 332 g/mol. The fraction of sp³-hybridized carbons (Fsp3) is 0.353. The van der Waals surface area contributed by atoms with Crippen molar-refractivity contribution >= 4 is 11.9 Å². The molecule has 0 aliphatic heterocycles. The third kappa shape index (κ3) is 4.13. The van der Waals surface area contributed by atoms with Crippen LogP contribution in [0, 0.1) is 0 Å². The van der Waals surface area contributed by atoms with Gasteiger partial charge in [-0.2, -0.15) is 0 Å². The number of amides is 1. The number of hydrogen-bond donors (Lipinski definition) is 0. The van der Waals surface area contributed by atoms with E-state index in [2.05, 4.69) is 9.72 Å². The Bertz CT molecular complexity index is 711. The molecule has 2 rings (SSSR count). The first-order valence-corrected chi connectivity index (χ1v) is 7.55. The van der Waals surface area contributed by atoms with Gasteiger partial charge in [-0.05, 0) is 24.6 Å². The van der Waals surface area contributed by atoms with Crippen LogP contribution in [0.4, 0.5) is 0 Å². The Morgan fingerprint density at radius 1 is 1.29 bits per heavy atom. The van der Waals surface area contributed by atoms with Gasteiger partial charge in [-0.3, -0.25) is 4.79 Å². The molecule has 0 saturated carbocycles. The molecule has 1 aromatic carbocycles. The van der Waals surface area contributed by atoms with Crippen LogP contribution in [0.3, 0.4) is 0 Å². The summed E-state index contributed by atoms with van der Waals surface area (Å²) >= 11 is 0. The molecular formula is C17H20N2O5. The van der Waals surface area contributed by atoms with E-state index in [0.717, 1.165) is 6.42 Å². The summed E-state index contributed by atoms with van der Waals surface area (Å²) in [7, 11) is 2.82. The number of rotatable bonds is 7. The lowest BCUT2D eigenvalue weighted by Crippen LogP contribution is -2.31. The van der Waals surface area contributed by atoms with Crippen molar-refractivity contribution in [1.29, 1.82) is 0 Å². The Balaban J connectivity index is 2.17. The average Bonchev–Trinajstić information content (AvgIpc) is 3.08. The fourth-order valence-electron chi connectivity index (χ4n) is 2.21. The maximum atomic E-state index is 12.7. The van der Waals surface area contributed by atoms with E-state index < -0.39 is 5.97 Å². The summed E-state index contributed by atoms with van der Waals surface area (Å²) < 4.78 is 15.0. The lowest BCUT2D eigenvalue weighted by atomic mass is 10.2. The van der Waals surface area contributed by atoms with Crippen LogP contribution in [-0.4, -0.2) is 42.5 Å². The first kappa shape index (κ1) is 17.5. The minimum atomic E-state index is -0.578. The molecule has 24 heavy (non-hydrogen) atoms. The molecule has 0 fully saturated rings. The summed E-state index contributed by atoms with van der Waals surface area (Å²) in [5, 5.41) is 0. The first-order valence-electron chi connectivity index (χ1n) is 7.55.